The maximum atomic E-state index is 13.6. The zero-order valence-corrected chi connectivity index (χ0v) is 22.2. The summed E-state index contributed by atoms with van der Waals surface area (Å²) >= 11 is 0. The number of hydrogen-bond acceptors (Lipinski definition) is 16. The van der Waals surface area contributed by atoms with Crippen molar-refractivity contribution in [1.29, 1.82) is 0 Å². The number of fused-ring (bicyclic) bond motifs is 1. The molecule has 0 aromatic heterocycles. The van der Waals surface area contributed by atoms with Crippen molar-refractivity contribution >= 4 is 5.78 Å². The Morgan fingerprint density at radius 3 is 1.67 bits per heavy atom. The number of phenols is 3. The van der Waals surface area contributed by atoms with Gasteiger partial charge in [0.2, 0.25) is 5.79 Å². The number of aliphatic hydroxyl groups is 9. The molecule has 0 amide bonds. The van der Waals surface area contributed by atoms with Gasteiger partial charge < -0.3 is 75.5 Å². The fourth-order valence-electron chi connectivity index (χ4n) is 5.71. The minimum atomic E-state index is -2.48. The monoisotopic (exact) mass is 612 g/mol. The standard InChI is InChI=1S/C27H32O16/c28-6-11-16(32)20(36)22(38)25(41-11)14-18(34)13-10(31)5-27(40,8-1-3-9(30)4-2-8)43-24(13)15(19(14)35)26-23(39)21(37)17(33)12(7-29)42-26/h1-4,11-12,16-17,20-23,25-26,28-30,32-40H,5-7H2/t11-,12-,16-,17-,20+,21+,22-,23-,25+,26+,27?/m1/s1. The maximum Gasteiger partial charge on any atom is 0.242 e. The van der Waals surface area contributed by atoms with Gasteiger partial charge in [-0.3, -0.25) is 4.79 Å². The molecule has 2 fully saturated rings. The summed E-state index contributed by atoms with van der Waals surface area (Å²) in [7, 11) is 0. The van der Waals surface area contributed by atoms with E-state index in [0.29, 0.717) is 0 Å². The number of ketones is 1. The van der Waals surface area contributed by atoms with E-state index in [9.17, 15) is 66.1 Å². The Labute approximate surface area is 242 Å². The van der Waals surface area contributed by atoms with E-state index in [2.05, 4.69) is 0 Å². The quantitative estimate of drug-likeness (QED) is 0.157. The first-order valence-electron chi connectivity index (χ1n) is 13.2. The van der Waals surface area contributed by atoms with Crippen LogP contribution in [-0.4, -0.2) is 129 Å². The largest absolute Gasteiger partial charge is 0.508 e. The molecule has 1 unspecified atom stereocenters. The average molecular weight is 613 g/mol. The molecule has 11 atom stereocenters. The molecule has 236 valence electrons. The van der Waals surface area contributed by atoms with Crippen LogP contribution in [0.5, 0.6) is 23.0 Å². The molecular weight excluding hydrogens is 580 g/mol. The van der Waals surface area contributed by atoms with Gasteiger partial charge in [0.25, 0.3) is 0 Å². The van der Waals surface area contributed by atoms with E-state index in [1.165, 1.54) is 24.3 Å². The number of hydrogen-bond donors (Lipinski definition) is 12. The van der Waals surface area contributed by atoms with E-state index in [4.69, 9.17) is 14.2 Å². The second-order valence-corrected chi connectivity index (χ2v) is 10.8. The van der Waals surface area contributed by atoms with Crippen molar-refractivity contribution in [2.45, 2.75) is 73.2 Å². The third kappa shape index (κ3) is 4.99. The zero-order chi connectivity index (χ0) is 31.5. The first-order chi connectivity index (χ1) is 20.2. The lowest BCUT2D eigenvalue weighted by molar-refractivity contribution is -0.235. The number of rotatable bonds is 5. The minimum absolute atomic E-state index is 0.0546. The van der Waals surface area contributed by atoms with Gasteiger partial charge in [-0.25, -0.2) is 0 Å². The van der Waals surface area contributed by atoms with Gasteiger partial charge in [-0.1, -0.05) is 0 Å². The van der Waals surface area contributed by atoms with E-state index >= 15 is 0 Å². The summed E-state index contributed by atoms with van der Waals surface area (Å²) in [6, 6.07) is 4.82. The SMILES string of the molecule is O=C1CC(O)(c2ccc(O)cc2)Oc2c1c(O)c([C@@H]1O[C@H](CO)[C@@H](O)[C@H](O)[C@H]1O)c(O)c2[C@@H]1O[C@H](CO)[C@@H](O)[C@H](O)[C@H]1O. The van der Waals surface area contributed by atoms with Gasteiger partial charge in [0.1, 0.15) is 89.6 Å². The van der Waals surface area contributed by atoms with Crippen molar-refractivity contribution in [2.24, 2.45) is 0 Å². The molecule has 0 saturated carbocycles. The van der Waals surface area contributed by atoms with Crippen LogP contribution < -0.4 is 4.74 Å². The van der Waals surface area contributed by atoms with Crippen LogP contribution >= 0.6 is 0 Å². The highest BCUT2D eigenvalue weighted by Crippen LogP contribution is 2.56. The molecule has 3 aliphatic rings. The lowest BCUT2D eigenvalue weighted by Gasteiger charge is -2.44. The summed E-state index contributed by atoms with van der Waals surface area (Å²) in [5, 5.41) is 126. The molecule has 0 aliphatic carbocycles. The summed E-state index contributed by atoms with van der Waals surface area (Å²) in [5.41, 5.74) is -2.22. The van der Waals surface area contributed by atoms with Crippen molar-refractivity contribution in [3.8, 4) is 23.0 Å². The van der Waals surface area contributed by atoms with Gasteiger partial charge in [-0.15, -0.1) is 0 Å². The summed E-state index contributed by atoms with van der Waals surface area (Å²) in [5.74, 6) is -6.57. The molecule has 5 rings (SSSR count). The van der Waals surface area contributed by atoms with Gasteiger partial charge in [0, 0.05) is 5.56 Å². The molecule has 0 spiro atoms. The van der Waals surface area contributed by atoms with Crippen molar-refractivity contribution < 1.29 is 80.3 Å². The molecule has 43 heavy (non-hydrogen) atoms. The third-order valence-electron chi connectivity index (χ3n) is 8.10. The molecule has 16 heteroatoms. The smallest absolute Gasteiger partial charge is 0.242 e. The van der Waals surface area contributed by atoms with Crippen LogP contribution in [0.2, 0.25) is 0 Å². The fraction of sp³-hybridized carbons (Fsp3) is 0.519. The molecule has 2 aromatic rings. The van der Waals surface area contributed by atoms with Crippen LogP contribution in [0.3, 0.4) is 0 Å². The Morgan fingerprint density at radius 2 is 1.19 bits per heavy atom. The number of carbonyl (C=O) groups excluding carboxylic acids is 1. The molecule has 2 saturated heterocycles. The Kier molecular flexibility index (Phi) is 8.31. The molecular formula is C27H32O16. The van der Waals surface area contributed by atoms with E-state index in [-0.39, 0.29) is 11.3 Å². The Morgan fingerprint density at radius 1 is 0.698 bits per heavy atom. The minimum Gasteiger partial charge on any atom is -0.508 e. The highest BCUT2D eigenvalue weighted by atomic mass is 16.6. The number of phenolic OH excluding ortho intramolecular Hbond substituents is 3. The first kappa shape index (κ1) is 31.3. The second kappa shape index (κ2) is 11.4. The lowest BCUT2D eigenvalue weighted by Crippen LogP contribution is -2.56. The normalized spacial score (nSPS) is 37.9. The van der Waals surface area contributed by atoms with Gasteiger partial charge in [0.05, 0.1) is 30.8 Å². The average Bonchev–Trinajstić information content (AvgIpc) is 2.96. The van der Waals surface area contributed by atoms with Crippen molar-refractivity contribution in [3.05, 3.63) is 46.5 Å². The predicted octanol–water partition coefficient (Wildman–Crippen LogP) is -3.36. The Hall–Kier alpha value is -3.13. The number of carbonyl (C=O) groups is 1. The zero-order valence-electron chi connectivity index (χ0n) is 22.2. The molecule has 0 bridgehead atoms. The number of aliphatic hydroxyl groups excluding tert-OH is 8. The molecule has 16 nitrogen and oxygen atoms in total. The third-order valence-corrected chi connectivity index (χ3v) is 8.10. The Bertz CT molecular complexity index is 1360. The number of benzene rings is 2. The highest BCUT2D eigenvalue weighted by molar-refractivity contribution is 6.04. The topological polar surface area (TPSA) is 288 Å². The van der Waals surface area contributed by atoms with Crippen LogP contribution in [0.15, 0.2) is 24.3 Å². The Balaban J connectivity index is 1.75. The molecule has 0 radical (unpaired) electrons. The second-order valence-electron chi connectivity index (χ2n) is 10.8. The summed E-state index contributed by atoms with van der Waals surface area (Å²) in [6.45, 7) is -1.77. The molecule has 12 N–H and O–H groups in total. The summed E-state index contributed by atoms with van der Waals surface area (Å²) in [6.07, 6.45) is -19.5. The number of ether oxygens (including phenoxy) is 3. The van der Waals surface area contributed by atoms with E-state index in [1.807, 2.05) is 0 Å². The molecule has 3 heterocycles. The predicted molar refractivity (Wildman–Crippen MR) is 137 cm³/mol. The van der Waals surface area contributed by atoms with Crippen LogP contribution in [0.25, 0.3) is 0 Å². The fourth-order valence-corrected chi connectivity index (χ4v) is 5.71. The maximum absolute atomic E-state index is 13.6. The summed E-state index contributed by atoms with van der Waals surface area (Å²) in [4.78, 5) is 13.6. The lowest BCUT2D eigenvalue weighted by atomic mass is 9.82. The first-order valence-corrected chi connectivity index (χ1v) is 13.2. The van der Waals surface area contributed by atoms with Gasteiger partial charge in [-0.05, 0) is 24.3 Å². The van der Waals surface area contributed by atoms with E-state index in [0.717, 1.165) is 0 Å². The van der Waals surface area contributed by atoms with Crippen molar-refractivity contribution in [1.82, 2.24) is 0 Å². The number of Topliss-reactive ketones (excluding diaryl/α,β-unsaturated/α-hetero) is 1. The van der Waals surface area contributed by atoms with Crippen molar-refractivity contribution in [3.63, 3.8) is 0 Å². The summed E-state index contributed by atoms with van der Waals surface area (Å²) < 4.78 is 16.9. The molecule has 2 aromatic carbocycles. The highest BCUT2D eigenvalue weighted by Gasteiger charge is 2.53. The molecule has 3 aliphatic heterocycles. The van der Waals surface area contributed by atoms with Crippen LogP contribution in [0.4, 0.5) is 0 Å². The number of aromatic hydroxyl groups is 3. The van der Waals surface area contributed by atoms with E-state index in [1.54, 1.807) is 0 Å². The van der Waals surface area contributed by atoms with Crippen LogP contribution in [-0.2, 0) is 15.3 Å². The van der Waals surface area contributed by atoms with Gasteiger partial charge >= 0.3 is 0 Å². The van der Waals surface area contributed by atoms with Gasteiger partial charge in [0.15, 0.2) is 5.78 Å². The van der Waals surface area contributed by atoms with E-state index < -0.39 is 126 Å². The van der Waals surface area contributed by atoms with Crippen LogP contribution in [0.1, 0.15) is 45.7 Å². The van der Waals surface area contributed by atoms with Gasteiger partial charge in [-0.2, -0.15) is 0 Å². The van der Waals surface area contributed by atoms with Crippen molar-refractivity contribution in [2.75, 3.05) is 13.2 Å². The van der Waals surface area contributed by atoms with Crippen LogP contribution in [0, 0.1) is 0 Å².